The van der Waals surface area contributed by atoms with Gasteiger partial charge in [-0.3, -0.25) is 0 Å². The standard InChI is InChI=1S/C51H35BN2O/c1-51(2)40-21-10-11-24-44(40)53-46-31-35(33-17-7-4-8-18-33)30-39-38-29-34(32-15-5-3-6-16-32)27-28-43(38)54(52(48(39)46)42-23-14-22-41(51)49(42)53)45-25-13-20-37-36-19-9-12-26-47(36)55-50(37)45/h3-31H,1-2H3. The minimum Gasteiger partial charge on any atom is -0.454 e. The van der Waals surface area contributed by atoms with Crippen LogP contribution in [0, 0.1) is 0 Å². The highest BCUT2D eigenvalue weighted by molar-refractivity contribution is 6.94. The number of anilines is 5. The summed E-state index contributed by atoms with van der Waals surface area (Å²) in [7, 11) is 0. The maximum Gasteiger partial charge on any atom is 0.333 e. The summed E-state index contributed by atoms with van der Waals surface area (Å²) in [6.45, 7) is 4.65. The van der Waals surface area contributed by atoms with Gasteiger partial charge in [-0.05, 0) is 92.3 Å². The molecule has 3 aliphatic heterocycles. The summed E-state index contributed by atoms with van der Waals surface area (Å²) in [5.41, 5.74) is 20.2. The molecular weight excluding hydrogens is 667 g/mol. The largest absolute Gasteiger partial charge is 0.454 e. The first-order chi connectivity index (χ1) is 27.1. The van der Waals surface area contributed by atoms with E-state index in [1.807, 2.05) is 0 Å². The van der Waals surface area contributed by atoms with Crippen molar-refractivity contribution in [2.24, 2.45) is 0 Å². The van der Waals surface area contributed by atoms with Crippen molar-refractivity contribution >= 4 is 68.1 Å². The molecular formula is C51H35BN2O. The lowest BCUT2D eigenvalue weighted by Crippen LogP contribution is -2.62. The van der Waals surface area contributed by atoms with Crippen molar-refractivity contribution in [3.05, 3.63) is 187 Å². The zero-order valence-corrected chi connectivity index (χ0v) is 30.6. The normalized spacial score (nSPS) is 14.4. The predicted octanol–water partition coefficient (Wildman–Crippen LogP) is 12.3. The van der Waals surface area contributed by atoms with Gasteiger partial charge in [-0.25, -0.2) is 0 Å². The zero-order chi connectivity index (χ0) is 36.4. The van der Waals surface area contributed by atoms with Gasteiger partial charge in [0.05, 0.1) is 11.4 Å². The molecule has 0 saturated carbocycles. The van der Waals surface area contributed by atoms with Crippen molar-refractivity contribution in [1.82, 2.24) is 0 Å². The maximum absolute atomic E-state index is 6.84. The fraction of sp³-hybridized carbons (Fsp3) is 0.0588. The predicted molar refractivity (Wildman–Crippen MR) is 230 cm³/mol. The van der Waals surface area contributed by atoms with E-state index in [-0.39, 0.29) is 12.3 Å². The summed E-state index contributed by atoms with van der Waals surface area (Å²) in [6, 6.07) is 64.6. The Bertz CT molecular complexity index is 3040. The van der Waals surface area contributed by atoms with E-state index >= 15 is 0 Å². The van der Waals surface area contributed by atoms with Gasteiger partial charge in [0, 0.05) is 38.8 Å². The van der Waals surface area contributed by atoms with Crippen molar-refractivity contribution in [3.8, 4) is 33.4 Å². The van der Waals surface area contributed by atoms with Gasteiger partial charge in [-0.2, -0.15) is 0 Å². The minimum atomic E-state index is -0.198. The van der Waals surface area contributed by atoms with Crippen molar-refractivity contribution in [3.63, 3.8) is 0 Å². The third-order valence-corrected chi connectivity index (χ3v) is 12.4. The Hall–Kier alpha value is -6.78. The topological polar surface area (TPSA) is 19.6 Å². The van der Waals surface area contributed by atoms with Crippen molar-refractivity contribution in [2.75, 3.05) is 9.71 Å². The molecule has 258 valence electrons. The molecule has 0 atom stereocenters. The van der Waals surface area contributed by atoms with E-state index in [2.05, 4.69) is 199 Å². The summed E-state index contributed by atoms with van der Waals surface area (Å²) in [4.78, 5) is 5.17. The van der Waals surface area contributed by atoms with Crippen LogP contribution < -0.4 is 20.6 Å². The molecule has 0 N–H and O–H groups in total. The molecule has 4 heteroatoms. The van der Waals surface area contributed by atoms with E-state index in [9.17, 15) is 0 Å². The van der Waals surface area contributed by atoms with Crippen LogP contribution >= 0.6 is 0 Å². The monoisotopic (exact) mass is 702 g/mol. The van der Waals surface area contributed by atoms with Crippen molar-refractivity contribution < 1.29 is 4.42 Å². The molecule has 0 bridgehead atoms. The number of para-hydroxylation sites is 4. The molecule has 9 aromatic rings. The molecule has 0 amide bonds. The van der Waals surface area contributed by atoms with Crippen LogP contribution in [0.15, 0.2) is 180 Å². The zero-order valence-electron chi connectivity index (χ0n) is 30.6. The van der Waals surface area contributed by atoms with Gasteiger partial charge >= 0.3 is 6.85 Å². The third-order valence-electron chi connectivity index (χ3n) is 12.4. The van der Waals surface area contributed by atoms with Crippen LogP contribution in [0.4, 0.5) is 28.4 Å². The van der Waals surface area contributed by atoms with Crippen LogP contribution in [0.2, 0.25) is 0 Å². The SMILES string of the molecule is CC1(C)c2ccccc2N2c3cc(-c4ccccc4)cc4c3B(c3cccc1c32)N(c1cccc2c1oc1ccccc12)c1ccc(-c2ccccc2)cc1-4. The molecule has 3 nitrogen and oxygen atoms in total. The van der Waals surface area contributed by atoms with E-state index in [0.29, 0.717) is 0 Å². The lowest BCUT2D eigenvalue weighted by molar-refractivity contribution is 0.632. The Labute approximate surface area is 320 Å². The number of hydrogen-bond acceptors (Lipinski definition) is 3. The second-order valence-electron chi connectivity index (χ2n) is 15.7. The van der Waals surface area contributed by atoms with Gasteiger partial charge in [0.1, 0.15) is 5.58 Å². The average molecular weight is 703 g/mol. The molecule has 0 fully saturated rings. The highest BCUT2D eigenvalue weighted by Gasteiger charge is 2.49. The van der Waals surface area contributed by atoms with Gasteiger partial charge in [-0.1, -0.05) is 147 Å². The number of furan rings is 1. The number of hydrogen-bond donors (Lipinski definition) is 0. The van der Waals surface area contributed by atoms with E-state index in [1.54, 1.807) is 0 Å². The van der Waals surface area contributed by atoms with E-state index < -0.39 is 0 Å². The summed E-state index contributed by atoms with van der Waals surface area (Å²) >= 11 is 0. The molecule has 0 unspecified atom stereocenters. The summed E-state index contributed by atoms with van der Waals surface area (Å²) in [5, 5.41) is 2.26. The molecule has 0 saturated heterocycles. The Balaban J connectivity index is 1.24. The molecule has 8 aromatic carbocycles. The first kappa shape index (κ1) is 30.7. The fourth-order valence-electron chi connectivity index (χ4n) is 9.90. The van der Waals surface area contributed by atoms with Crippen LogP contribution in [0.1, 0.15) is 25.0 Å². The second kappa shape index (κ2) is 11.1. The molecule has 0 aliphatic carbocycles. The Morgan fingerprint density at radius 3 is 1.96 bits per heavy atom. The quantitative estimate of drug-likeness (QED) is 0.171. The van der Waals surface area contributed by atoms with Gasteiger partial charge in [0.2, 0.25) is 0 Å². The van der Waals surface area contributed by atoms with Crippen LogP contribution in [0.5, 0.6) is 0 Å². The fourth-order valence-corrected chi connectivity index (χ4v) is 9.90. The van der Waals surface area contributed by atoms with E-state index in [0.717, 1.165) is 27.6 Å². The lowest BCUT2D eigenvalue weighted by atomic mass is 9.42. The Morgan fingerprint density at radius 2 is 1.13 bits per heavy atom. The van der Waals surface area contributed by atoms with Gasteiger partial charge in [0.25, 0.3) is 0 Å². The van der Waals surface area contributed by atoms with E-state index in [4.69, 9.17) is 4.42 Å². The molecule has 12 rings (SSSR count). The lowest BCUT2D eigenvalue weighted by Gasteiger charge is -2.50. The number of rotatable bonds is 3. The number of fused-ring (bicyclic) bond motifs is 9. The molecule has 4 heterocycles. The first-order valence-electron chi connectivity index (χ1n) is 19.2. The first-order valence-corrected chi connectivity index (χ1v) is 19.2. The van der Waals surface area contributed by atoms with Crippen molar-refractivity contribution in [1.29, 1.82) is 0 Å². The van der Waals surface area contributed by atoms with Crippen LogP contribution in [0.3, 0.4) is 0 Å². The van der Waals surface area contributed by atoms with Gasteiger partial charge < -0.3 is 14.1 Å². The maximum atomic E-state index is 6.84. The van der Waals surface area contributed by atoms with Crippen LogP contribution in [0.25, 0.3) is 55.3 Å². The second-order valence-corrected chi connectivity index (χ2v) is 15.7. The smallest absolute Gasteiger partial charge is 0.333 e. The summed E-state index contributed by atoms with van der Waals surface area (Å²) in [6.07, 6.45) is 0. The van der Waals surface area contributed by atoms with Gasteiger partial charge in [0.15, 0.2) is 5.58 Å². The summed E-state index contributed by atoms with van der Waals surface area (Å²) in [5.74, 6) is 0. The summed E-state index contributed by atoms with van der Waals surface area (Å²) < 4.78 is 6.84. The average Bonchev–Trinajstić information content (AvgIpc) is 3.63. The molecule has 0 radical (unpaired) electrons. The molecule has 3 aliphatic rings. The highest BCUT2D eigenvalue weighted by Crippen LogP contribution is 2.56. The van der Waals surface area contributed by atoms with E-state index in [1.165, 1.54) is 78.2 Å². The van der Waals surface area contributed by atoms with Crippen LogP contribution in [-0.4, -0.2) is 6.85 Å². The Morgan fingerprint density at radius 1 is 0.473 bits per heavy atom. The van der Waals surface area contributed by atoms with Crippen LogP contribution in [-0.2, 0) is 5.41 Å². The molecule has 0 spiro atoms. The van der Waals surface area contributed by atoms with Crippen molar-refractivity contribution in [2.45, 2.75) is 19.3 Å². The number of benzene rings is 8. The van der Waals surface area contributed by atoms with Gasteiger partial charge in [-0.15, -0.1) is 0 Å². The molecule has 55 heavy (non-hydrogen) atoms. The highest BCUT2D eigenvalue weighted by atomic mass is 16.3. The third kappa shape index (κ3) is 4.17. The molecule has 1 aromatic heterocycles. The minimum absolute atomic E-state index is 0.115. The number of nitrogens with zero attached hydrogens (tertiary/aromatic N) is 2. The Kier molecular flexibility index (Phi) is 6.20.